The number of halogens is 6. The van der Waals surface area contributed by atoms with Crippen LogP contribution in [0.5, 0.6) is 0 Å². The zero-order chi connectivity index (χ0) is 25.1. The maximum Gasteiger partial charge on any atom is 0.416 e. The molecule has 0 aliphatic carbocycles. The van der Waals surface area contributed by atoms with Crippen LogP contribution in [0.3, 0.4) is 0 Å². The molecule has 0 radical (unpaired) electrons. The number of alkyl halides is 6. The van der Waals surface area contributed by atoms with Crippen molar-refractivity contribution in [3.8, 4) is 0 Å². The van der Waals surface area contributed by atoms with Gasteiger partial charge in [-0.3, -0.25) is 14.5 Å². The summed E-state index contributed by atoms with van der Waals surface area (Å²) in [6.07, 6.45) is -10.1. The van der Waals surface area contributed by atoms with Gasteiger partial charge in [-0.05, 0) is 30.7 Å². The molecule has 5 nitrogen and oxygen atoms in total. The van der Waals surface area contributed by atoms with E-state index in [2.05, 4.69) is 10.2 Å². The molecule has 1 aliphatic heterocycles. The molecule has 1 N–H and O–H groups in total. The summed E-state index contributed by atoms with van der Waals surface area (Å²) in [5, 5.41) is 2.22. The van der Waals surface area contributed by atoms with Gasteiger partial charge < -0.3 is 10.2 Å². The van der Waals surface area contributed by atoms with Crippen LogP contribution >= 0.6 is 0 Å². The van der Waals surface area contributed by atoms with Crippen LogP contribution in [0.2, 0.25) is 0 Å². The van der Waals surface area contributed by atoms with Crippen LogP contribution in [-0.4, -0.2) is 53.8 Å². The molecule has 1 fully saturated rings. The zero-order valence-corrected chi connectivity index (χ0v) is 18.2. The third kappa shape index (κ3) is 6.49. The van der Waals surface area contributed by atoms with E-state index >= 15 is 0 Å². The van der Waals surface area contributed by atoms with Crippen LogP contribution in [-0.2, 0) is 23.7 Å². The number of amides is 2. The highest BCUT2D eigenvalue weighted by Gasteiger charge is 2.38. The zero-order valence-electron chi connectivity index (χ0n) is 18.2. The van der Waals surface area contributed by atoms with Gasteiger partial charge in [-0.1, -0.05) is 30.3 Å². The van der Waals surface area contributed by atoms with E-state index in [1.54, 1.807) is 0 Å². The van der Waals surface area contributed by atoms with Gasteiger partial charge in [0, 0.05) is 38.3 Å². The molecule has 0 spiro atoms. The minimum Gasteiger partial charge on any atom is -0.341 e. The number of nitrogens with zero attached hydrogens (tertiary/aromatic N) is 2. The Labute approximate surface area is 192 Å². The van der Waals surface area contributed by atoms with Gasteiger partial charge in [0.25, 0.3) is 5.91 Å². The molecule has 34 heavy (non-hydrogen) atoms. The highest BCUT2D eigenvalue weighted by Crippen LogP contribution is 2.36. The van der Waals surface area contributed by atoms with Crippen LogP contribution in [0.1, 0.15) is 34.0 Å². The monoisotopic (exact) mass is 487 g/mol. The molecule has 11 heteroatoms. The highest BCUT2D eigenvalue weighted by atomic mass is 19.4. The maximum atomic E-state index is 13.0. The fourth-order valence-corrected chi connectivity index (χ4v) is 3.67. The maximum absolute atomic E-state index is 13.0. The number of rotatable bonds is 5. The first-order chi connectivity index (χ1) is 15.8. The first kappa shape index (κ1) is 25.5. The van der Waals surface area contributed by atoms with Crippen molar-refractivity contribution in [1.82, 2.24) is 15.1 Å². The molecule has 3 rings (SSSR count). The van der Waals surface area contributed by atoms with Crippen molar-refractivity contribution in [2.75, 3.05) is 26.2 Å². The number of hydrogen-bond donors (Lipinski definition) is 1. The fraction of sp³-hybridized carbons (Fsp3) is 0.391. The Balaban J connectivity index is 1.62. The lowest BCUT2D eigenvalue weighted by molar-refractivity contribution is -0.143. The fourth-order valence-electron chi connectivity index (χ4n) is 3.67. The third-order valence-electron chi connectivity index (χ3n) is 5.50. The minimum absolute atomic E-state index is 0.0553. The average molecular weight is 487 g/mol. The topological polar surface area (TPSA) is 52.7 Å². The normalized spacial score (nSPS) is 16.3. The molecule has 0 saturated carbocycles. The van der Waals surface area contributed by atoms with Crippen molar-refractivity contribution in [2.24, 2.45) is 0 Å². The number of carbonyl (C=O) groups excluding carboxylic acids is 2. The highest BCUT2D eigenvalue weighted by molar-refractivity contribution is 5.97. The van der Waals surface area contributed by atoms with Crippen LogP contribution in [0.25, 0.3) is 0 Å². The first-order valence-corrected chi connectivity index (χ1v) is 10.5. The Kier molecular flexibility index (Phi) is 7.54. The van der Waals surface area contributed by atoms with E-state index < -0.39 is 46.9 Å². The van der Waals surface area contributed by atoms with E-state index in [-0.39, 0.29) is 6.07 Å². The molecule has 1 aliphatic rings. The molecule has 184 valence electrons. The van der Waals surface area contributed by atoms with Gasteiger partial charge in [-0.15, -0.1) is 0 Å². The van der Waals surface area contributed by atoms with Crippen LogP contribution in [0.15, 0.2) is 48.5 Å². The lowest BCUT2D eigenvalue weighted by atomic mass is 10.0. The quantitative estimate of drug-likeness (QED) is 0.644. The summed E-state index contributed by atoms with van der Waals surface area (Å²) >= 11 is 0. The largest absolute Gasteiger partial charge is 0.416 e. The summed E-state index contributed by atoms with van der Waals surface area (Å²) < 4.78 is 78.2. The Hall–Kier alpha value is -3.08. The Morgan fingerprint density at radius 3 is 1.91 bits per heavy atom. The number of nitrogens with one attached hydrogen (secondary N) is 1. The molecule has 2 amide bonds. The predicted molar refractivity (Wildman–Crippen MR) is 112 cm³/mol. The van der Waals surface area contributed by atoms with Gasteiger partial charge in [-0.2, -0.15) is 26.3 Å². The van der Waals surface area contributed by atoms with Gasteiger partial charge in [0.15, 0.2) is 0 Å². The summed E-state index contributed by atoms with van der Waals surface area (Å²) in [5.74, 6) is -1.66. The molecule has 2 aromatic carbocycles. The molecule has 1 unspecified atom stereocenters. The van der Waals surface area contributed by atoms with Crippen molar-refractivity contribution < 1.29 is 35.9 Å². The number of hydrogen-bond acceptors (Lipinski definition) is 3. The van der Waals surface area contributed by atoms with Gasteiger partial charge in [0.05, 0.1) is 11.1 Å². The van der Waals surface area contributed by atoms with Gasteiger partial charge in [-0.25, -0.2) is 0 Å². The number of carbonyl (C=O) groups is 2. The lowest BCUT2D eigenvalue weighted by Gasteiger charge is -2.36. The minimum atomic E-state index is -5.07. The number of piperazine rings is 1. The summed E-state index contributed by atoms with van der Waals surface area (Å²) in [4.78, 5) is 28.8. The molecule has 1 atom stereocenters. The van der Waals surface area contributed by atoms with E-state index in [1.165, 1.54) is 11.8 Å². The van der Waals surface area contributed by atoms with E-state index in [9.17, 15) is 35.9 Å². The molecular weight excluding hydrogens is 464 g/mol. The van der Waals surface area contributed by atoms with E-state index in [0.29, 0.717) is 44.9 Å². The molecule has 0 bridgehead atoms. The summed E-state index contributed by atoms with van der Waals surface area (Å²) in [6, 6.07) is 9.26. The van der Waals surface area contributed by atoms with E-state index in [0.717, 1.165) is 5.56 Å². The Morgan fingerprint density at radius 2 is 1.41 bits per heavy atom. The third-order valence-corrected chi connectivity index (χ3v) is 5.50. The Morgan fingerprint density at radius 1 is 0.882 bits per heavy atom. The molecule has 0 aromatic heterocycles. The summed E-state index contributed by atoms with van der Waals surface area (Å²) in [5.41, 5.74) is -2.89. The molecular formula is C23H23F6N3O2. The van der Waals surface area contributed by atoms with Crippen molar-refractivity contribution in [2.45, 2.75) is 31.9 Å². The van der Waals surface area contributed by atoms with Crippen LogP contribution in [0, 0.1) is 0 Å². The average Bonchev–Trinajstić information content (AvgIpc) is 2.78. The standard InChI is InChI=1S/C23H23F6N3O2/c1-15(21(34)32-9-7-31(8-10-32)14-16-5-3-2-4-6-16)30-20(33)17-11-18(22(24,25)26)13-19(12-17)23(27,28)29/h2-6,11-13,15H,7-10,14H2,1H3,(H,30,33). The van der Waals surface area contributed by atoms with Crippen LogP contribution in [0.4, 0.5) is 26.3 Å². The smallest absolute Gasteiger partial charge is 0.341 e. The van der Waals surface area contributed by atoms with Crippen molar-refractivity contribution in [1.29, 1.82) is 0 Å². The number of benzene rings is 2. The second-order valence-corrected chi connectivity index (χ2v) is 8.08. The van der Waals surface area contributed by atoms with Crippen molar-refractivity contribution in [3.63, 3.8) is 0 Å². The summed E-state index contributed by atoms with van der Waals surface area (Å²) in [7, 11) is 0. The summed E-state index contributed by atoms with van der Waals surface area (Å²) in [6.45, 7) is 4.00. The van der Waals surface area contributed by atoms with E-state index in [1.807, 2.05) is 30.3 Å². The van der Waals surface area contributed by atoms with Crippen molar-refractivity contribution >= 4 is 11.8 Å². The van der Waals surface area contributed by atoms with Gasteiger partial charge >= 0.3 is 12.4 Å². The SMILES string of the molecule is CC(NC(=O)c1cc(C(F)(F)F)cc(C(F)(F)F)c1)C(=O)N1CCN(Cc2ccccc2)CC1. The predicted octanol–water partition coefficient (Wildman–Crippen LogP) is 4.19. The molecule has 2 aromatic rings. The van der Waals surface area contributed by atoms with E-state index in [4.69, 9.17) is 0 Å². The second-order valence-electron chi connectivity index (χ2n) is 8.08. The molecule has 1 saturated heterocycles. The second kappa shape index (κ2) is 10.0. The van der Waals surface area contributed by atoms with Crippen molar-refractivity contribution in [3.05, 3.63) is 70.8 Å². The van der Waals surface area contributed by atoms with Gasteiger partial charge in [0.2, 0.25) is 5.91 Å². The molecule has 1 heterocycles. The first-order valence-electron chi connectivity index (χ1n) is 10.5. The lowest BCUT2D eigenvalue weighted by Crippen LogP contribution is -2.53. The van der Waals surface area contributed by atoms with Crippen LogP contribution < -0.4 is 5.32 Å². The Bertz CT molecular complexity index is 983. The van der Waals surface area contributed by atoms with Gasteiger partial charge in [0.1, 0.15) is 6.04 Å².